The van der Waals surface area contributed by atoms with Crippen LogP contribution >= 0.6 is 0 Å². The number of hydroxylamine groups is 1. The Balaban J connectivity index is 3.00. The molecule has 0 fully saturated rings. The zero-order valence-corrected chi connectivity index (χ0v) is 8.95. The average molecular weight is 214 g/mol. The first-order valence-corrected chi connectivity index (χ1v) is 5.09. The maximum Gasteiger partial charge on any atom is 0.277 e. The maximum atomic E-state index is 10.3. The van der Waals surface area contributed by atoms with Crippen LogP contribution in [0.1, 0.15) is 11.1 Å². The van der Waals surface area contributed by atoms with E-state index < -0.39 is 11.0 Å². The molecule has 0 N–H and O–H groups in total. The predicted octanol–water partition coefficient (Wildman–Crippen LogP) is 1.07. The number of nitrogens with zero attached hydrogens (tertiary/aromatic N) is 1. The lowest BCUT2D eigenvalue weighted by molar-refractivity contribution is 0.320. The summed E-state index contributed by atoms with van der Waals surface area (Å²) in [7, 11) is -1.36. The Hall–Kier alpha value is -1.07. The van der Waals surface area contributed by atoms with Gasteiger partial charge in [0.1, 0.15) is 0 Å². The summed E-state index contributed by atoms with van der Waals surface area (Å²) in [6.07, 6.45) is 0. The fourth-order valence-corrected chi connectivity index (χ4v) is 1.41. The van der Waals surface area contributed by atoms with Crippen LogP contribution in [0, 0.1) is 13.8 Å². The number of rotatable bonds is 3. The second-order valence-electron chi connectivity index (χ2n) is 2.88. The Morgan fingerprint density at radius 2 is 2.07 bits per heavy atom. The summed E-state index contributed by atoms with van der Waals surface area (Å²) in [5.74, 6) is 0. The summed E-state index contributed by atoms with van der Waals surface area (Å²) in [5.41, 5.74) is 2.38. The van der Waals surface area contributed by atoms with E-state index in [2.05, 4.69) is 11.2 Å². The van der Waals surface area contributed by atoms with E-state index >= 15 is 0 Å². The minimum absolute atomic E-state index is 0.643. The quantitative estimate of drug-likeness (QED) is 0.604. The van der Waals surface area contributed by atoms with Crippen molar-refractivity contribution in [2.24, 2.45) is 0 Å². The van der Waals surface area contributed by atoms with Crippen LogP contribution in [0.3, 0.4) is 0 Å². The molecule has 0 saturated carbocycles. The fraction of sp³-hybridized carbons (Fsp3) is 0.222. The average Bonchev–Trinajstić information content (AvgIpc) is 2.08. The molecule has 0 heterocycles. The molecule has 1 radical (unpaired) electrons. The molecule has 14 heavy (non-hydrogen) atoms. The van der Waals surface area contributed by atoms with Gasteiger partial charge in [0.05, 0.1) is 5.69 Å². The Bertz CT molecular complexity index is 393. The van der Waals surface area contributed by atoms with Gasteiger partial charge < -0.3 is 0 Å². The van der Waals surface area contributed by atoms with Crippen molar-refractivity contribution in [1.82, 2.24) is 0 Å². The standard InChI is InChI=1S/C9H12NO3S/c1-7-5-4-6-9(8(7)2)10(3)13-14(11)12/h4-6,14H,2H2,1,3H3. The van der Waals surface area contributed by atoms with Crippen molar-refractivity contribution >= 4 is 16.7 Å². The monoisotopic (exact) mass is 214 g/mol. The van der Waals surface area contributed by atoms with Gasteiger partial charge >= 0.3 is 0 Å². The number of anilines is 1. The number of hydrogen-bond acceptors (Lipinski definition) is 4. The molecule has 0 aliphatic heterocycles. The molecule has 0 aromatic heterocycles. The van der Waals surface area contributed by atoms with E-state index in [1.54, 1.807) is 6.07 Å². The smallest absolute Gasteiger partial charge is 0.240 e. The van der Waals surface area contributed by atoms with Gasteiger partial charge in [-0.15, -0.1) is 0 Å². The molecule has 4 nitrogen and oxygen atoms in total. The van der Waals surface area contributed by atoms with E-state index in [1.807, 2.05) is 19.1 Å². The van der Waals surface area contributed by atoms with Gasteiger partial charge in [-0.05, 0) is 31.0 Å². The minimum Gasteiger partial charge on any atom is -0.240 e. The zero-order valence-electron chi connectivity index (χ0n) is 8.06. The van der Waals surface area contributed by atoms with Crippen LogP contribution in [0.4, 0.5) is 5.69 Å². The highest BCUT2D eigenvalue weighted by molar-refractivity contribution is 7.67. The molecule has 0 aliphatic rings. The van der Waals surface area contributed by atoms with Crippen LogP contribution in [0.15, 0.2) is 18.2 Å². The summed E-state index contributed by atoms with van der Waals surface area (Å²) in [6.45, 7) is 5.73. The number of benzene rings is 1. The van der Waals surface area contributed by atoms with Gasteiger partial charge in [0.2, 0.25) is 0 Å². The van der Waals surface area contributed by atoms with E-state index in [1.165, 1.54) is 12.1 Å². The van der Waals surface area contributed by atoms with Gasteiger partial charge in [-0.3, -0.25) is 0 Å². The summed E-state index contributed by atoms with van der Waals surface area (Å²) in [6, 6.07) is 5.46. The summed E-state index contributed by atoms with van der Waals surface area (Å²) in [4.78, 5) is 0. The number of thiol groups is 1. The molecule has 5 heteroatoms. The first kappa shape index (κ1) is 11.0. The second-order valence-corrected chi connectivity index (χ2v) is 3.49. The summed E-state index contributed by atoms with van der Waals surface area (Å²) >= 11 is 0. The molecule has 0 aliphatic carbocycles. The Morgan fingerprint density at radius 3 is 2.64 bits per heavy atom. The summed E-state index contributed by atoms with van der Waals surface area (Å²) in [5, 5.41) is 1.18. The van der Waals surface area contributed by atoms with Crippen LogP contribution in [0.2, 0.25) is 0 Å². The summed E-state index contributed by atoms with van der Waals surface area (Å²) < 4.78 is 25.2. The van der Waals surface area contributed by atoms with Crippen LogP contribution in [0.5, 0.6) is 0 Å². The third-order valence-electron chi connectivity index (χ3n) is 1.91. The SMILES string of the molecule is [CH2]c1c(C)cccc1N(C)O[SH](=O)=O. The van der Waals surface area contributed by atoms with Crippen molar-refractivity contribution < 1.29 is 12.7 Å². The third kappa shape index (κ3) is 2.46. The van der Waals surface area contributed by atoms with Crippen LogP contribution in [0.25, 0.3) is 0 Å². The lowest BCUT2D eigenvalue weighted by Gasteiger charge is -2.17. The van der Waals surface area contributed by atoms with Crippen molar-refractivity contribution in [3.05, 3.63) is 36.2 Å². The normalized spacial score (nSPS) is 10.6. The first-order valence-electron chi connectivity index (χ1n) is 4.00. The van der Waals surface area contributed by atoms with Gasteiger partial charge in [0, 0.05) is 7.05 Å². The van der Waals surface area contributed by atoms with Crippen molar-refractivity contribution in [1.29, 1.82) is 0 Å². The lowest BCUT2D eigenvalue weighted by Crippen LogP contribution is -2.17. The Morgan fingerprint density at radius 1 is 1.43 bits per heavy atom. The molecule has 77 valence electrons. The van der Waals surface area contributed by atoms with Crippen LogP contribution in [-0.2, 0) is 15.3 Å². The van der Waals surface area contributed by atoms with Crippen LogP contribution < -0.4 is 5.06 Å². The third-order valence-corrected chi connectivity index (χ3v) is 2.29. The Kier molecular flexibility index (Phi) is 3.49. The molecule has 0 saturated heterocycles. The number of hydrogen-bond donors (Lipinski definition) is 1. The van der Waals surface area contributed by atoms with Gasteiger partial charge in [-0.1, -0.05) is 12.1 Å². The van der Waals surface area contributed by atoms with Crippen molar-refractivity contribution in [3.63, 3.8) is 0 Å². The van der Waals surface area contributed by atoms with Gasteiger partial charge in [-0.2, -0.15) is 4.28 Å². The molecule has 0 spiro atoms. The molecular weight excluding hydrogens is 202 g/mol. The van der Waals surface area contributed by atoms with E-state index in [-0.39, 0.29) is 0 Å². The van der Waals surface area contributed by atoms with Gasteiger partial charge in [0.25, 0.3) is 11.0 Å². The molecule has 0 bridgehead atoms. The van der Waals surface area contributed by atoms with Crippen molar-refractivity contribution in [3.8, 4) is 0 Å². The van der Waals surface area contributed by atoms with E-state index in [0.717, 1.165) is 11.1 Å². The fourth-order valence-electron chi connectivity index (χ4n) is 1.13. The zero-order chi connectivity index (χ0) is 10.7. The lowest BCUT2D eigenvalue weighted by atomic mass is 10.1. The topological polar surface area (TPSA) is 46.6 Å². The predicted molar refractivity (Wildman–Crippen MR) is 55.4 cm³/mol. The highest BCUT2D eigenvalue weighted by Crippen LogP contribution is 2.21. The van der Waals surface area contributed by atoms with Gasteiger partial charge in [0.15, 0.2) is 0 Å². The minimum atomic E-state index is -2.89. The Labute approximate surface area is 85.2 Å². The molecule has 1 rings (SSSR count). The molecule has 0 unspecified atom stereocenters. The molecule has 1 aromatic carbocycles. The molecule has 0 atom stereocenters. The van der Waals surface area contributed by atoms with Crippen molar-refractivity contribution in [2.45, 2.75) is 6.92 Å². The van der Waals surface area contributed by atoms with Gasteiger partial charge in [-0.25, -0.2) is 13.5 Å². The van der Waals surface area contributed by atoms with Crippen LogP contribution in [-0.4, -0.2) is 15.5 Å². The van der Waals surface area contributed by atoms with E-state index in [4.69, 9.17) is 0 Å². The molecule has 0 amide bonds. The first-order chi connectivity index (χ1) is 6.52. The maximum absolute atomic E-state index is 10.3. The van der Waals surface area contributed by atoms with Crippen molar-refractivity contribution in [2.75, 3.05) is 12.1 Å². The highest BCUT2D eigenvalue weighted by Gasteiger charge is 2.06. The largest absolute Gasteiger partial charge is 0.277 e. The highest BCUT2D eigenvalue weighted by atomic mass is 32.2. The molecule has 1 aromatic rings. The van der Waals surface area contributed by atoms with E-state index in [9.17, 15) is 8.42 Å². The number of aryl methyl sites for hydroxylation is 1. The van der Waals surface area contributed by atoms with E-state index in [0.29, 0.717) is 5.69 Å². The second kappa shape index (κ2) is 4.43. The molecular formula is C9H12NO3S.